The zero-order chi connectivity index (χ0) is 15.0. The molecule has 6 nitrogen and oxygen atoms in total. The molecule has 0 saturated heterocycles. The highest BCUT2D eigenvalue weighted by Gasteiger charge is 2.25. The second-order valence-corrected chi connectivity index (χ2v) is 8.77. The molecule has 10 heteroatoms. The Kier molecular flexibility index (Phi) is 6.33. The van der Waals surface area contributed by atoms with Gasteiger partial charge in [0.25, 0.3) is 5.91 Å². The monoisotopic (exact) mass is 622 g/mol. The summed E-state index contributed by atoms with van der Waals surface area (Å²) in [5.41, 5.74) is 6.74. The summed E-state index contributed by atoms with van der Waals surface area (Å²) in [4.78, 5) is 31.1. The third-order valence-corrected chi connectivity index (χ3v) is 5.82. The maximum atomic E-state index is 12.2. The molecule has 19 heavy (non-hydrogen) atoms. The molecule has 0 saturated carbocycles. The fraction of sp³-hybridized carbons (Fsp3) is 0.222. The highest BCUT2D eigenvalue weighted by molar-refractivity contribution is 14.1. The predicted molar refractivity (Wildman–Crippen MR) is 98.0 cm³/mol. The van der Waals surface area contributed by atoms with E-state index in [1.807, 2.05) is 45.2 Å². The van der Waals surface area contributed by atoms with Crippen LogP contribution in [0.25, 0.3) is 0 Å². The molecular formula is C9H10I3N2O4P. The zero-order valence-corrected chi connectivity index (χ0v) is 17.0. The summed E-state index contributed by atoms with van der Waals surface area (Å²) in [6.45, 7) is 0. The van der Waals surface area contributed by atoms with Crippen molar-refractivity contribution in [1.29, 1.82) is 0 Å². The zero-order valence-electron chi connectivity index (χ0n) is 9.60. The van der Waals surface area contributed by atoms with Crippen LogP contribution in [0, 0.1) is 10.7 Å². The molecule has 1 rings (SSSR count). The first-order valence-electron chi connectivity index (χ1n) is 4.77. The molecule has 0 aromatic heterocycles. The number of benzene rings is 1. The van der Waals surface area contributed by atoms with E-state index in [0.717, 1.165) is 8.47 Å². The van der Waals surface area contributed by atoms with Crippen LogP contribution in [-0.2, 0) is 4.57 Å². The van der Waals surface area contributed by atoms with Gasteiger partial charge in [-0.2, -0.15) is 0 Å². The number of rotatable bonds is 3. The topological polar surface area (TPSA) is 104 Å². The standard InChI is InChI=1S/C9H10I3N2O4P/c1-14(3-19(16,17)18)9(15)6-4(10)2-5(11)8(13)7(6)12/h2H,3,13H2,1H3,(H2,16,17,18). The lowest BCUT2D eigenvalue weighted by Gasteiger charge is -2.20. The molecule has 0 unspecified atom stereocenters. The number of anilines is 1. The van der Waals surface area contributed by atoms with Crippen molar-refractivity contribution < 1.29 is 19.1 Å². The van der Waals surface area contributed by atoms with E-state index in [1.165, 1.54) is 7.05 Å². The molecular weight excluding hydrogens is 612 g/mol. The van der Waals surface area contributed by atoms with E-state index in [-0.39, 0.29) is 0 Å². The molecule has 0 atom stereocenters. The first-order valence-corrected chi connectivity index (χ1v) is 9.81. The number of nitrogens with zero attached hydrogens (tertiary/aromatic N) is 1. The van der Waals surface area contributed by atoms with Crippen LogP contribution in [0.1, 0.15) is 10.4 Å². The highest BCUT2D eigenvalue weighted by Crippen LogP contribution is 2.36. The number of hydrogen-bond acceptors (Lipinski definition) is 3. The van der Waals surface area contributed by atoms with Crippen LogP contribution in [0.15, 0.2) is 6.07 Å². The number of nitrogens with two attached hydrogens (primary N) is 1. The number of hydrogen-bond donors (Lipinski definition) is 3. The van der Waals surface area contributed by atoms with Crippen molar-refractivity contribution in [2.75, 3.05) is 19.1 Å². The summed E-state index contributed by atoms with van der Waals surface area (Å²) in [6.07, 6.45) is -0.621. The summed E-state index contributed by atoms with van der Waals surface area (Å²) >= 11 is 6.04. The Morgan fingerprint density at radius 2 is 1.89 bits per heavy atom. The Hall–Kier alpha value is 0.830. The van der Waals surface area contributed by atoms with Crippen LogP contribution in [0.5, 0.6) is 0 Å². The lowest BCUT2D eigenvalue weighted by Crippen LogP contribution is -2.29. The number of nitrogen functional groups attached to an aromatic ring is 1. The molecule has 1 amide bonds. The summed E-state index contributed by atoms with van der Waals surface area (Å²) in [5.74, 6) is -0.458. The second-order valence-electron chi connectivity index (χ2n) is 3.75. The van der Waals surface area contributed by atoms with E-state index in [9.17, 15) is 9.36 Å². The van der Waals surface area contributed by atoms with Crippen LogP contribution in [0.3, 0.4) is 0 Å². The van der Waals surface area contributed by atoms with Gasteiger partial charge < -0.3 is 20.4 Å². The lowest BCUT2D eigenvalue weighted by atomic mass is 10.2. The van der Waals surface area contributed by atoms with Gasteiger partial charge in [-0.25, -0.2) is 0 Å². The lowest BCUT2D eigenvalue weighted by molar-refractivity contribution is 0.0807. The van der Waals surface area contributed by atoms with E-state index >= 15 is 0 Å². The molecule has 106 valence electrons. The summed E-state index contributed by atoms with van der Waals surface area (Å²) in [7, 11) is -2.93. The first-order chi connectivity index (χ1) is 8.54. The highest BCUT2D eigenvalue weighted by atomic mass is 127. The van der Waals surface area contributed by atoms with E-state index in [2.05, 4.69) is 22.6 Å². The Labute approximate surface area is 151 Å². The number of halogens is 3. The molecule has 0 fully saturated rings. The van der Waals surface area contributed by atoms with E-state index < -0.39 is 19.8 Å². The molecule has 0 radical (unpaired) electrons. The summed E-state index contributed by atoms with van der Waals surface area (Å²) in [6, 6.07) is 1.76. The van der Waals surface area contributed by atoms with Crippen molar-refractivity contribution in [1.82, 2.24) is 4.90 Å². The van der Waals surface area contributed by atoms with Crippen LogP contribution in [0.4, 0.5) is 5.69 Å². The van der Waals surface area contributed by atoms with E-state index in [1.54, 1.807) is 6.07 Å². The van der Waals surface area contributed by atoms with E-state index in [4.69, 9.17) is 15.5 Å². The molecule has 0 bridgehead atoms. The predicted octanol–water partition coefficient (Wildman–Crippen LogP) is 2.29. The Bertz CT molecular complexity index is 575. The molecule has 0 heterocycles. The fourth-order valence-corrected chi connectivity index (χ4v) is 5.85. The van der Waals surface area contributed by atoms with Gasteiger partial charge in [0.05, 0.1) is 14.8 Å². The van der Waals surface area contributed by atoms with Crippen LogP contribution < -0.4 is 5.73 Å². The van der Waals surface area contributed by atoms with Crippen LogP contribution >= 0.6 is 75.4 Å². The van der Waals surface area contributed by atoms with Crippen molar-refractivity contribution in [3.8, 4) is 0 Å². The Morgan fingerprint density at radius 1 is 1.37 bits per heavy atom. The maximum Gasteiger partial charge on any atom is 0.344 e. The Morgan fingerprint density at radius 3 is 2.37 bits per heavy atom. The minimum Gasteiger partial charge on any atom is -0.397 e. The van der Waals surface area contributed by atoms with Crippen molar-refractivity contribution >= 4 is 87.0 Å². The summed E-state index contributed by atoms with van der Waals surface area (Å²) < 4.78 is 13.1. The van der Waals surface area contributed by atoms with Gasteiger partial charge in [0.15, 0.2) is 0 Å². The number of amides is 1. The maximum absolute atomic E-state index is 12.2. The van der Waals surface area contributed by atoms with Crippen molar-refractivity contribution in [2.45, 2.75) is 0 Å². The number of carbonyl (C=O) groups excluding carboxylic acids is 1. The van der Waals surface area contributed by atoms with Gasteiger partial charge in [-0.15, -0.1) is 0 Å². The molecule has 1 aromatic rings. The van der Waals surface area contributed by atoms with Crippen molar-refractivity contribution in [3.63, 3.8) is 0 Å². The molecule has 0 spiro atoms. The van der Waals surface area contributed by atoms with Gasteiger partial charge in [-0.3, -0.25) is 9.36 Å². The van der Waals surface area contributed by atoms with E-state index in [0.29, 0.717) is 18.4 Å². The smallest absolute Gasteiger partial charge is 0.344 e. The fourth-order valence-electron chi connectivity index (χ4n) is 1.33. The molecule has 0 aliphatic carbocycles. The third-order valence-electron chi connectivity index (χ3n) is 2.16. The molecule has 0 aliphatic heterocycles. The van der Waals surface area contributed by atoms with Crippen molar-refractivity contribution in [3.05, 3.63) is 22.3 Å². The molecule has 4 N–H and O–H groups in total. The number of carbonyl (C=O) groups is 1. The quantitative estimate of drug-likeness (QED) is 0.273. The first kappa shape index (κ1) is 17.9. The molecule has 1 aromatic carbocycles. The largest absolute Gasteiger partial charge is 0.397 e. The average Bonchev–Trinajstić information content (AvgIpc) is 2.23. The normalized spacial score (nSPS) is 11.5. The van der Waals surface area contributed by atoms with Gasteiger partial charge in [-0.05, 0) is 73.8 Å². The Balaban J connectivity index is 3.21. The van der Waals surface area contributed by atoms with Crippen molar-refractivity contribution in [2.24, 2.45) is 0 Å². The minimum atomic E-state index is -4.28. The minimum absolute atomic E-state index is 0.370. The van der Waals surface area contributed by atoms with Gasteiger partial charge in [0.2, 0.25) is 0 Å². The third kappa shape index (κ3) is 4.66. The summed E-state index contributed by atoms with van der Waals surface area (Å²) in [5, 5.41) is 0. The van der Waals surface area contributed by atoms with Gasteiger partial charge in [0, 0.05) is 14.2 Å². The van der Waals surface area contributed by atoms with Gasteiger partial charge in [0.1, 0.15) is 6.29 Å². The molecule has 0 aliphatic rings. The SMILES string of the molecule is CN(CP(=O)(O)O)C(=O)c1c(I)cc(I)c(N)c1I. The van der Waals surface area contributed by atoms with Crippen LogP contribution in [-0.4, -0.2) is 33.9 Å². The average molecular weight is 622 g/mol. The van der Waals surface area contributed by atoms with Gasteiger partial charge >= 0.3 is 7.60 Å². The van der Waals surface area contributed by atoms with Gasteiger partial charge in [-0.1, -0.05) is 0 Å². The second kappa shape index (κ2) is 6.73. The van der Waals surface area contributed by atoms with Crippen LogP contribution in [0.2, 0.25) is 0 Å².